The van der Waals surface area contributed by atoms with Crippen LogP contribution in [0.1, 0.15) is 33.6 Å². The first-order valence-electron chi connectivity index (χ1n) is 8.81. The summed E-state index contributed by atoms with van der Waals surface area (Å²) in [5.74, 6) is -1.59. The maximum absolute atomic E-state index is 12.2. The van der Waals surface area contributed by atoms with Crippen LogP contribution in [0.3, 0.4) is 0 Å². The smallest absolute Gasteiger partial charge is 0.410 e. The second kappa shape index (κ2) is 7.55. The molecule has 146 valence electrons. The molecule has 26 heavy (non-hydrogen) atoms. The summed E-state index contributed by atoms with van der Waals surface area (Å²) in [6, 6.07) is 0. The number of carbonyl (C=O) groups excluding carboxylic acids is 2. The minimum atomic E-state index is -0.922. The fourth-order valence-electron chi connectivity index (χ4n) is 3.64. The van der Waals surface area contributed by atoms with E-state index in [9.17, 15) is 19.5 Å². The molecule has 1 unspecified atom stereocenters. The molecule has 2 heterocycles. The number of carbonyl (C=O) groups is 3. The second-order valence-electron chi connectivity index (χ2n) is 7.97. The highest BCUT2D eigenvalue weighted by Gasteiger charge is 2.53. The quantitative estimate of drug-likeness (QED) is 0.768. The summed E-state index contributed by atoms with van der Waals surface area (Å²) in [5, 5.41) is 9.63. The fraction of sp³-hybridized carbons (Fsp3) is 0.722. The molecule has 1 N–H and O–H groups in total. The van der Waals surface area contributed by atoms with Crippen molar-refractivity contribution in [1.82, 2.24) is 9.80 Å². The van der Waals surface area contributed by atoms with Crippen molar-refractivity contribution in [3.63, 3.8) is 0 Å². The molecular formula is C18H28N2O6. The summed E-state index contributed by atoms with van der Waals surface area (Å²) in [7, 11) is 0. The van der Waals surface area contributed by atoms with E-state index in [4.69, 9.17) is 9.47 Å². The van der Waals surface area contributed by atoms with Crippen molar-refractivity contribution in [3.8, 4) is 0 Å². The second-order valence-corrected chi connectivity index (χ2v) is 7.97. The van der Waals surface area contributed by atoms with Crippen LogP contribution in [0, 0.1) is 11.3 Å². The van der Waals surface area contributed by atoms with Crippen molar-refractivity contribution >= 4 is 18.2 Å². The molecule has 0 aromatic heterocycles. The number of carboxylic acid groups (broad SMARTS) is 1. The maximum Gasteiger partial charge on any atom is 0.410 e. The van der Waals surface area contributed by atoms with Crippen molar-refractivity contribution in [1.29, 1.82) is 0 Å². The van der Waals surface area contributed by atoms with E-state index < -0.39 is 29.0 Å². The fourth-order valence-corrected chi connectivity index (χ4v) is 3.64. The topological polar surface area (TPSA) is 96.4 Å². The van der Waals surface area contributed by atoms with Gasteiger partial charge in [-0.3, -0.25) is 4.79 Å². The first-order chi connectivity index (χ1) is 12.1. The van der Waals surface area contributed by atoms with Crippen LogP contribution in [-0.2, 0) is 14.3 Å². The van der Waals surface area contributed by atoms with Gasteiger partial charge in [-0.1, -0.05) is 12.7 Å². The number of rotatable bonds is 3. The Hall–Kier alpha value is -2.25. The van der Waals surface area contributed by atoms with Crippen LogP contribution in [0.2, 0.25) is 0 Å². The third kappa shape index (κ3) is 4.47. The molecule has 2 amide bonds. The molecule has 0 aromatic carbocycles. The molecule has 2 saturated heterocycles. The normalized spacial score (nSPS) is 22.2. The lowest BCUT2D eigenvalue weighted by atomic mass is 9.71. The average molecular weight is 368 g/mol. The van der Waals surface area contributed by atoms with Crippen LogP contribution in [0.4, 0.5) is 9.59 Å². The summed E-state index contributed by atoms with van der Waals surface area (Å²) in [5.41, 5.74) is -1.12. The van der Waals surface area contributed by atoms with E-state index >= 15 is 0 Å². The largest absolute Gasteiger partial charge is 0.481 e. The van der Waals surface area contributed by atoms with Gasteiger partial charge in [-0.15, -0.1) is 0 Å². The highest BCUT2D eigenvalue weighted by molar-refractivity contribution is 5.75. The molecule has 0 aliphatic carbocycles. The first-order valence-corrected chi connectivity index (χ1v) is 8.81. The van der Waals surface area contributed by atoms with E-state index in [1.807, 2.05) is 0 Å². The van der Waals surface area contributed by atoms with E-state index in [-0.39, 0.29) is 19.2 Å². The molecule has 2 aliphatic heterocycles. The Morgan fingerprint density at radius 3 is 2.31 bits per heavy atom. The summed E-state index contributed by atoms with van der Waals surface area (Å²) in [6.07, 6.45) is 1.57. The zero-order valence-corrected chi connectivity index (χ0v) is 15.7. The standard InChI is InChI=1S/C18H28N2O6/c1-5-10-25-15(23)20-11-13(14(21)22)18(12-20)6-8-19(9-7-18)16(24)26-17(2,3)4/h5,13H,1,6-12H2,2-4H3,(H,21,22). The Balaban J connectivity index is 2.04. The van der Waals surface area contributed by atoms with E-state index in [0.29, 0.717) is 32.5 Å². The van der Waals surface area contributed by atoms with Crippen LogP contribution in [0.15, 0.2) is 12.7 Å². The van der Waals surface area contributed by atoms with Crippen molar-refractivity contribution in [2.24, 2.45) is 11.3 Å². The lowest BCUT2D eigenvalue weighted by Crippen LogP contribution is -2.49. The number of hydrogen-bond donors (Lipinski definition) is 1. The Labute approximate surface area is 153 Å². The molecule has 1 spiro atoms. The monoisotopic (exact) mass is 368 g/mol. The minimum Gasteiger partial charge on any atom is -0.481 e. The molecule has 2 fully saturated rings. The van der Waals surface area contributed by atoms with Crippen LogP contribution in [0.25, 0.3) is 0 Å². The van der Waals surface area contributed by atoms with Crippen LogP contribution >= 0.6 is 0 Å². The number of piperidine rings is 1. The van der Waals surface area contributed by atoms with Gasteiger partial charge in [0.1, 0.15) is 12.2 Å². The van der Waals surface area contributed by atoms with E-state index in [1.165, 1.54) is 11.0 Å². The molecule has 1 atom stereocenters. The van der Waals surface area contributed by atoms with Gasteiger partial charge in [-0.2, -0.15) is 0 Å². The molecule has 8 heteroatoms. The molecule has 0 radical (unpaired) electrons. The van der Waals surface area contributed by atoms with Gasteiger partial charge < -0.3 is 24.4 Å². The maximum atomic E-state index is 12.2. The highest BCUT2D eigenvalue weighted by Crippen LogP contribution is 2.45. The number of hydrogen-bond acceptors (Lipinski definition) is 5. The number of aliphatic carboxylic acids is 1. The number of carboxylic acids is 1. The molecule has 2 rings (SSSR count). The number of nitrogens with zero attached hydrogens (tertiary/aromatic N) is 2. The Morgan fingerprint density at radius 2 is 1.81 bits per heavy atom. The molecule has 0 aromatic rings. The Bertz CT molecular complexity index is 575. The van der Waals surface area contributed by atoms with E-state index in [1.54, 1.807) is 25.7 Å². The molecule has 0 bridgehead atoms. The van der Waals surface area contributed by atoms with Gasteiger partial charge in [0.2, 0.25) is 0 Å². The highest BCUT2D eigenvalue weighted by atomic mass is 16.6. The molecule has 2 aliphatic rings. The van der Waals surface area contributed by atoms with Crippen LogP contribution in [-0.4, -0.2) is 71.4 Å². The lowest BCUT2D eigenvalue weighted by Gasteiger charge is -2.41. The number of ether oxygens (including phenoxy) is 2. The van der Waals surface area contributed by atoms with Crippen LogP contribution in [0.5, 0.6) is 0 Å². The number of amides is 2. The van der Waals surface area contributed by atoms with Crippen LogP contribution < -0.4 is 0 Å². The third-order valence-corrected chi connectivity index (χ3v) is 4.94. The SMILES string of the molecule is C=CCOC(=O)N1CC(C(=O)O)C2(CCN(C(=O)OC(C)(C)C)CC2)C1. The van der Waals surface area contributed by atoms with Gasteiger partial charge in [0.25, 0.3) is 0 Å². The van der Waals surface area contributed by atoms with Gasteiger partial charge in [-0.05, 0) is 33.6 Å². The lowest BCUT2D eigenvalue weighted by molar-refractivity contribution is -0.145. The van der Waals surface area contributed by atoms with Gasteiger partial charge >= 0.3 is 18.2 Å². The summed E-state index contributed by atoms with van der Waals surface area (Å²) in [4.78, 5) is 39.1. The summed E-state index contributed by atoms with van der Waals surface area (Å²) in [6.45, 7) is 10.3. The third-order valence-electron chi connectivity index (χ3n) is 4.94. The van der Waals surface area contributed by atoms with Crippen molar-refractivity contribution in [2.75, 3.05) is 32.8 Å². The average Bonchev–Trinajstić information content (AvgIpc) is 2.91. The van der Waals surface area contributed by atoms with E-state index in [0.717, 1.165) is 0 Å². The van der Waals surface area contributed by atoms with Gasteiger partial charge in [0, 0.05) is 31.6 Å². The van der Waals surface area contributed by atoms with Crippen molar-refractivity contribution in [3.05, 3.63) is 12.7 Å². The Kier molecular flexibility index (Phi) is 5.83. The minimum absolute atomic E-state index is 0.0898. The van der Waals surface area contributed by atoms with Gasteiger partial charge in [-0.25, -0.2) is 9.59 Å². The summed E-state index contributed by atoms with van der Waals surface area (Å²) >= 11 is 0. The van der Waals surface area contributed by atoms with Crippen molar-refractivity contribution in [2.45, 2.75) is 39.2 Å². The molecular weight excluding hydrogens is 340 g/mol. The van der Waals surface area contributed by atoms with Gasteiger partial charge in [0.15, 0.2) is 0 Å². The molecule has 0 saturated carbocycles. The predicted molar refractivity (Wildman–Crippen MR) is 93.7 cm³/mol. The zero-order valence-electron chi connectivity index (χ0n) is 15.7. The Morgan fingerprint density at radius 1 is 1.19 bits per heavy atom. The first kappa shape index (κ1) is 20.1. The summed E-state index contributed by atoms with van der Waals surface area (Å²) < 4.78 is 10.4. The van der Waals surface area contributed by atoms with E-state index in [2.05, 4.69) is 6.58 Å². The predicted octanol–water partition coefficient (Wildman–Crippen LogP) is 2.34. The molecule has 8 nitrogen and oxygen atoms in total. The zero-order chi connectivity index (χ0) is 19.5. The number of likely N-dealkylation sites (tertiary alicyclic amines) is 2. The van der Waals surface area contributed by atoms with Gasteiger partial charge in [0.05, 0.1) is 5.92 Å². The van der Waals surface area contributed by atoms with Crippen molar-refractivity contribution < 1.29 is 29.0 Å².